The molecule has 0 radical (unpaired) electrons. The van der Waals surface area contributed by atoms with Crippen LogP contribution in [0.1, 0.15) is 0 Å². The van der Waals surface area contributed by atoms with Crippen molar-refractivity contribution in [2.75, 3.05) is 52.9 Å². The first-order valence-corrected chi connectivity index (χ1v) is 24.8. The number of alkyl halides is 8. The van der Waals surface area contributed by atoms with E-state index in [0.29, 0.717) is 0 Å². The lowest BCUT2D eigenvalue weighted by Gasteiger charge is -2.44. The summed E-state index contributed by atoms with van der Waals surface area (Å²) in [6.07, 6.45) is 0. The minimum Gasteiger partial charge on any atom is -0.305 e. The average molecular weight is 864 g/mol. The Morgan fingerprint density at radius 1 is 0.356 bits per heavy atom. The molecule has 45 heavy (non-hydrogen) atoms. The summed E-state index contributed by atoms with van der Waals surface area (Å²) in [4.78, 5) is 0. The number of rotatable bonds is 0. The van der Waals surface area contributed by atoms with E-state index in [0.717, 1.165) is 0 Å². The highest BCUT2D eigenvalue weighted by atomic mass is 35.9. The summed E-state index contributed by atoms with van der Waals surface area (Å²) < 4.78 is 178. The van der Waals surface area contributed by atoms with E-state index in [4.69, 9.17) is 81.2 Å². The molecule has 6 rings (SSSR count). The van der Waals surface area contributed by atoms with Gasteiger partial charge in [0.15, 0.2) is 0 Å². The molecule has 0 aromatic rings. The molecule has 14 nitrogen and oxygen atoms in total. The van der Waals surface area contributed by atoms with Crippen molar-refractivity contribution in [2.45, 2.75) is 23.7 Å². The number of halogens is 12. The summed E-state index contributed by atoms with van der Waals surface area (Å²) >= 11 is 24.6. The van der Waals surface area contributed by atoms with Crippen molar-refractivity contribution >= 4 is 87.4 Å². The Morgan fingerprint density at radius 2 is 0.578 bits per heavy atom. The molecule has 0 saturated carbocycles. The summed E-state index contributed by atoms with van der Waals surface area (Å²) in [7, 11) is -16.7. The Morgan fingerprint density at radius 3 is 0.844 bits per heavy atom. The number of nitrogens with zero attached hydrogens (tertiary/aromatic N) is 6. The molecule has 6 heterocycles. The number of hydrogen-bond acceptors (Lipinski definition) is 14. The Kier molecular flexibility index (Phi) is 9.18. The molecule has 6 aliphatic heterocycles. The molecule has 0 amide bonds. The van der Waals surface area contributed by atoms with Crippen LogP contribution < -0.4 is 0 Å². The van der Waals surface area contributed by atoms with Gasteiger partial charge in [-0.3, -0.25) is 18.1 Å². The van der Waals surface area contributed by atoms with Crippen LogP contribution in [0, 0.1) is 5.41 Å². The topological polar surface area (TPSA) is 148 Å². The van der Waals surface area contributed by atoms with Crippen LogP contribution in [0.2, 0.25) is 0 Å². The zero-order chi connectivity index (χ0) is 33.1. The van der Waals surface area contributed by atoms with Crippen LogP contribution in [-0.2, 0) is 36.2 Å². The maximum Gasteiger partial charge on any atom is 0.347 e. The molecule has 0 aromatic heterocycles. The minimum absolute atomic E-state index is 0.383. The first-order chi connectivity index (χ1) is 20.4. The summed E-state index contributed by atoms with van der Waals surface area (Å²) in [5, 5.41) is 0. The zero-order valence-corrected chi connectivity index (χ0v) is 29.7. The van der Waals surface area contributed by atoms with Gasteiger partial charge in [0.2, 0.25) is 0 Å². The lowest BCUT2D eigenvalue weighted by atomic mass is 9.93. The van der Waals surface area contributed by atoms with Crippen LogP contribution in [-0.4, -0.2) is 76.5 Å². The zero-order valence-electron chi connectivity index (χ0n) is 21.3. The summed E-state index contributed by atoms with van der Waals surface area (Å²) in [6, 6.07) is 0. The van der Waals surface area contributed by atoms with Gasteiger partial charge in [-0.15, -0.1) is 9.03 Å². The molecule has 4 saturated heterocycles. The SMILES string of the molecule is FC1(F)COP2(=NP3(=NP(Cl)(Cl)=N2)OCC2(CO3)COP3(=NP(Cl)(Cl)=NP4(=N3)OCC(F)(F)C(F)(F)CO4)OC2)OCC1(F)F. The monoisotopic (exact) mass is 862 g/mol. The summed E-state index contributed by atoms with van der Waals surface area (Å²) in [6.45, 7) is -8.85. The molecule has 260 valence electrons. The normalized spacial score (nSPS) is 34.9. The Hall–Kier alpha value is 1.66. The quantitative estimate of drug-likeness (QED) is 0.173. The van der Waals surface area contributed by atoms with E-state index in [-0.39, 0.29) is 26.4 Å². The smallest absolute Gasteiger partial charge is 0.305 e. The highest BCUT2D eigenvalue weighted by Gasteiger charge is 2.63. The van der Waals surface area contributed by atoms with Crippen LogP contribution in [0.4, 0.5) is 35.1 Å². The Labute approximate surface area is 267 Å². The maximum absolute atomic E-state index is 14.0. The van der Waals surface area contributed by atoms with E-state index in [1.165, 1.54) is 0 Å². The molecule has 0 N–H and O–H groups in total. The van der Waals surface area contributed by atoms with Gasteiger partial charge in [-0.05, 0) is 45.0 Å². The fourth-order valence-corrected chi connectivity index (χ4v) is 26.0. The molecule has 6 aliphatic rings. The highest BCUT2D eigenvalue weighted by molar-refractivity contribution is 8.13. The van der Waals surface area contributed by atoms with Gasteiger partial charge in [-0.25, -0.2) is 0 Å². The third kappa shape index (κ3) is 6.98. The maximum atomic E-state index is 14.0. The average Bonchev–Trinajstić information content (AvgIpc) is 3.04. The van der Waals surface area contributed by atoms with E-state index in [1.54, 1.807) is 0 Å². The number of hydrogen-bond donors (Lipinski definition) is 0. The van der Waals surface area contributed by atoms with Gasteiger partial charge in [-0.2, -0.15) is 53.2 Å². The molecule has 0 aliphatic carbocycles. The van der Waals surface area contributed by atoms with Gasteiger partial charge in [0.1, 0.15) is 26.4 Å². The van der Waals surface area contributed by atoms with Crippen molar-refractivity contribution in [1.29, 1.82) is 0 Å². The van der Waals surface area contributed by atoms with Gasteiger partial charge < -0.3 is 18.1 Å². The third-order valence-electron chi connectivity index (χ3n) is 6.22. The molecule has 0 unspecified atom stereocenters. The predicted molar refractivity (Wildman–Crippen MR) is 149 cm³/mol. The van der Waals surface area contributed by atoms with Crippen LogP contribution in [0.25, 0.3) is 0 Å². The molecule has 0 bridgehead atoms. The second-order valence-electron chi connectivity index (χ2n) is 9.92. The highest BCUT2D eigenvalue weighted by Crippen LogP contribution is 2.86. The van der Waals surface area contributed by atoms with Crippen molar-refractivity contribution in [1.82, 2.24) is 0 Å². The fraction of sp³-hybridized carbons (Fsp3) is 1.00. The molecule has 0 atom stereocenters. The van der Waals surface area contributed by atoms with Crippen LogP contribution in [0.5, 0.6) is 0 Å². The van der Waals surface area contributed by atoms with E-state index in [1.807, 2.05) is 0 Å². The van der Waals surface area contributed by atoms with Gasteiger partial charge in [0, 0.05) is 0 Å². The van der Waals surface area contributed by atoms with Gasteiger partial charge >= 0.3 is 54.3 Å². The minimum atomic E-state index is -4.64. The van der Waals surface area contributed by atoms with Crippen molar-refractivity contribution in [3.63, 3.8) is 0 Å². The van der Waals surface area contributed by atoms with Gasteiger partial charge in [-0.1, -0.05) is 0 Å². The third-order valence-corrected chi connectivity index (χ3v) is 25.5. The van der Waals surface area contributed by atoms with Gasteiger partial charge in [0.05, 0.1) is 31.8 Å². The summed E-state index contributed by atoms with van der Waals surface area (Å²) in [5.41, 5.74) is -1.22. The van der Waals surface area contributed by atoms with Crippen LogP contribution in [0.15, 0.2) is 27.1 Å². The van der Waals surface area contributed by atoms with Crippen molar-refractivity contribution in [3.05, 3.63) is 0 Å². The standard InChI is InChI=1S/C13H16Cl4F8N6O8P6/c14-40(15)26-42(30-44(28-40)36-5-10(18,19)11(20,21)6-37-44)32-1-9(2-33-42)3-34-43(35-4-9)27-41(16,17)29-45(31-43)38-7-12(22,23)13(24,25)8-39-45/h1-8H2. The van der Waals surface area contributed by atoms with E-state index in [2.05, 4.69) is 27.1 Å². The van der Waals surface area contributed by atoms with Crippen molar-refractivity contribution in [3.8, 4) is 0 Å². The first-order valence-electron chi connectivity index (χ1n) is 11.7. The molecular formula is C13H16Cl4F8N6O8P6. The second-order valence-corrected chi connectivity index (χ2v) is 28.7. The molecule has 0 aromatic carbocycles. The molecule has 5 spiro atoms. The van der Waals surface area contributed by atoms with E-state index >= 15 is 0 Å². The largest absolute Gasteiger partial charge is 0.347 e. The molecular weight excluding hydrogens is 848 g/mol. The Bertz CT molecular complexity index is 1470. The lowest BCUT2D eigenvalue weighted by molar-refractivity contribution is -0.222. The predicted octanol–water partition coefficient (Wildman–Crippen LogP) is 11.4. The Balaban J connectivity index is 1.24. The van der Waals surface area contributed by atoms with Gasteiger partial charge in [0.25, 0.3) is 11.8 Å². The van der Waals surface area contributed by atoms with Crippen molar-refractivity contribution in [2.24, 2.45) is 32.5 Å². The second kappa shape index (κ2) is 11.3. The van der Waals surface area contributed by atoms with Crippen LogP contribution in [0.3, 0.4) is 0 Å². The van der Waals surface area contributed by atoms with E-state index < -0.39 is 98.0 Å². The lowest BCUT2D eigenvalue weighted by Crippen LogP contribution is -2.45. The van der Waals surface area contributed by atoms with Crippen molar-refractivity contribution < 1.29 is 71.3 Å². The van der Waals surface area contributed by atoms with E-state index in [9.17, 15) is 35.1 Å². The summed E-state index contributed by atoms with van der Waals surface area (Å²) in [5.74, 6) is -26.3. The van der Waals surface area contributed by atoms with Crippen LogP contribution >= 0.6 is 87.4 Å². The fourth-order valence-electron chi connectivity index (χ4n) is 3.72. The first kappa shape index (κ1) is 36.5. The molecule has 4 fully saturated rings. The molecule has 32 heteroatoms.